The molecule has 1 aromatic rings. The van der Waals surface area contributed by atoms with E-state index in [1.807, 2.05) is 0 Å². The van der Waals surface area contributed by atoms with Gasteiger partial charge in [-0.25, -0.2) is 4.98 Å². The molecule has 1 aromatic heterocycles. The molecule has 4 saturated carbocycles. The van der Waals surface area contributed by atoms with E-state index in [0.717, 1.165) is 62.9 Å². The van der Waals surface area contributed by atoms with Crippen molar-refractivity contribution >= 4 is 5.91 Å². The van der Waals surface area contributed by atoms with E-state index < -0.39 is 0 Å². The van der Waals surface area contributed by atoms with Gasteiger partial charge in [0, 0.05) is 32.1 Å². The van der Waals surface area contributed by atoms with Crippen LogP contribution in [0, 0.1) is 34.5 Å². The average Bonchev–Trinajstić information content (AvgIpc) is 2.67. The number of carbonyl (C=O) groups excluding carboxylic acids is 1. The summed E-state index contributed by atoms with van der Waals surface area (Å²) >= 11 is 0. The molecule has 1 amide bonds. The van der Waals surface area contributed by atoms with Crippen LogP contribution in [-0.4, -0.2) is 35.0 Å². The fourth-order valence-electron chi connectivity index (χ4n) is 6.61. The Hall–Kier alpha value is -2.09. The first kappa shape index (κ1) is 17.0. The predicted octanol–water partition coefficient (Wildman–Crippen LogP) is 3.54. The van der Waals surface area contributed by atoms with Crippen molar-refractivity contribution in [2.75, 3.05) is 13.1 Å². The molecule has 142 valence electrons. The zero-order valence-electron chi connectivity index (χ0n) is 15.8. The number of carbonyl (C=O) groups is 1. The van der Waals surface area contributed by atoms with Crippen molar-refractivity contribution in [2.24, 2.45) is 23.2 Å². The minimum absolute atomic E-state index is 0.0346. The molecule has 5 fully saturated rings. The highest BCUT2D eigenvalue weighted by molar-refractivity contribution is 5.83. The summed E-state index contributed by atoms with van der Waals surface area (Å²) in [6.07, 6.45) is 10.8. The van der Waals surface area contributed by atoms with E-state index in [-0.39, 0.29) is 11.5 Å². The van der Waals surface area contributed by atoms with Gasteiger partial charge in [-0.3, -0.25) is 4.79 Å². The third-order valence-electron chi connectivity index (χ3n) is 7.39. The Kier molecular flexibility index (Phi) is 4.11. The maximum atomic E-state index is 13.4. The number of piperidine rings is 1. The third-order valence-corrected chi connectivity index (χ3v) is 7.39. The van der Waals surface area contributed by atoms with Crippen LogP contribution < -0.4 is 4.74 Å². The first-order valence-electron chi connectivity index (χ1n) is 10.5. The van der Waals surface area contributed by atoms with Gasteiger partial charge < -0.3 is 9.64 Å². The molecule has 4 bridgehead atoms. The molecule has 0 atom stereocenters. The highest BCUT2D eigenvalue weighted by atomic mass is 16.5. The van der Waals surface area contributed by atoms with E-state index in [4.69, 9.17) is 4.74 Å². The van der Waals surface area contributed by atoms with E-state index in [0.29, 0.717) is 17.4 Å². The number of nitriles is 1. The van der Waals surface area contributed by atoms with Crippen molar-refractivity contribution in [1.82, 2.24) is 9.88 Å². The van der Waals surface area contributed by atoms with Crippen LogP contribution >= 0.6 is 0 Å². The van der Waals surface area contributed by atoms with Gasteiger partial charge in [-0.15, -0.1) is 0 Å². The lowest BCUT2D eigenvalue weighted by atomic mass is 9.49. The number of likely N-dealkylation sites (tertiary alicyclic amines) is 1. The van der Waals surface area contributed by atoms with Gasteiger partial charge in [-0.05, 0) is 68.4 Å². The Labute approximate surface area is 160 Å². The van der Waals surface area contributed by atoms with Crippen molar-refractivity contribution in [3.05, 3.63) is 23.9 Å². The molecule has 0 N–H and O–H groups in total. The first-order valence-corrected chi connectivity index (χ1v) is 10.5. The van der Waals surface area contributed by atoms with Crippen molar-refractivity contribution in [3.8, 4) is 11.9 Å². The molecular weight excluding hydrogens is 338 g/mol. The molecule has 0 spiro atoms. The molecule has 0 radical (unpaired) electrons. The molecule has 5 heteroatoms. The van der Waals surface area contributed by atoms with Gasteiger partial charge >= 0.3 is 0 Å². The largest absolute Gasteiger partial charge is 0.473 e. The van der Waals surface area contributed by atoms with Crippen molar-refractivity contribution in [3.63, 3.8) is 0 Å². The predicted molar refractivity (Wildman–Crippen MR) is 99.8 cm³/mol. The second-order valence-corrected chi connectivity index (χ2v) is 9.28. The second-order valence-electron chi connectivity index (χ2n) is 9.28. The fraction of sp³-hybridized carbons (Fsp3) is 0.682. The van der Waals surface area contributed by atoms with Crippen LogP contribution in [-0.2, 0) is 4.79 Å². The van der Waals surface area contributed by atoms with E-state index in [1.54, 1.807) is 18.3 Å². The van der Waals surface area contributed by atoms with E-state index in [1.165, 1.54) is 19.3 Å². The maximum absolute atomic E-state index is 13.4. The molecule has 5 nitrogen and oxygen atoms in total. The van der Waals surface area contributed by atoms with Crippen LogP contribution in [0.1, 0.15) is 56.9 Å². The van der Waals surface area contributed by atoms with E-state index >= 15 is 0 Å². The number of rotatable bonds is 3. The summed E-state index contributed by atoms with van der Waals surface area (Å²) in [6, 6.07) is 5.61. The number of pyridine rings is 1. The molecule has 0 unspecified atom stereocenters. The lowest BCUT2D eigenvalue weighted by molar-refractivity contribution is -0.159. The minimum atomic E-state index is -0.0442. The number of hydrogen-bond donors (Lipinski definition) is 0. The Morgan fingerprint density at radius 2 is 1.78 bits per heavy atom. The van der Waals surface area contributed by atoms with Crippen LogP contribution in [0.5, 0.6) is 5.88 Å². The quantitative estimate of drug-likeness (QED) is 0.822. The standard InChI is InChI=1S/C22H27N3O2/c23-14-18-2-1-5-24-20(18)27-19-3-6-25(7-4-19)21(26)22-11-15-8-16(12-22)10-17(9-15)13-22/h1-2,5,15-17,19H,3-4,6-13H2. The van der Waals surface area contributed by atoms with E-state index in [2.05, 4.69) is 16.0 Å². The van der Waals surface area contributed by atoms with Gasteiger partial charge in [0.25, 0.3) is 0 Å². The summed E-state index contributed by atoms with van der Waals surface area (Å²) in [7, 11) is 0. The highest BCUT2D eigenvalue weighted by Gasteiger charge is 2.55. The van der Waals surface area contributed by atoms with Gasteiger partial charge in [0.2, 0.25) is 11.8 Å². The molecule has 1 saturated heterocycles. The van der Waals surface area contributed by atoms with Crippen LogP contribution in [0.15, 0.2) is 18.3 Å². The summed E-state index contributed by atoms with van der Waals surface area (Å²) < 4.78 is 5.98. The molecule has 0 aromatic carbocycles. The van der Waals surface area contributed by atoms with Crippen LogP contribution in [0.4, 0.5) is 0 Å². The number of ether oxygens (including phenoxy) is 1. The van der Waals surface area contributed by atoms with Gasteiger partial charge in [0.15, 0.2) is 0 Å². The van der Waals surface area contributed by atoms with Gasteiger partial charge in [0.05, 0.1) is 5.41 Å². The molecule has 2 heterocycles. The topological polar surface area (TPSA) is 66.2 Å². The molecule has 6 rings (SSSR count). The van der Waals surface area contributed by atoms with Crippen LogP contribution in [0.25, 0.3) is 0 Å². The summed E-state index contributed by atoms with van der Waals surface area (Å²) in [5.41, 5.74) is 0.432. The first-order chi connectivity index (χ1) is 13.1. The smallest absolute Gasteiger partial charge is 0.231 e. The molecule has 27 heavy (non-hydrogen) atoms. The third kappa shape index (κ3) is 2.99. The number of nitrogens with zero attached hydrogens (tertiary/aromatic N) is 3. The van der Waals surface area contributed by atoms with Crippen molar-refractivity contribution in [1.29, 1.82) is 5.26 Å². The number of amides is 1. The lowest BCUT2D eigenvalue weighted by Crippen LogP contribution is -2.56. The van der Waals surface area contributed by atoms with Gasteiger partial charge in [-0.1, -0.05) is 0 Å². The molecule has 4 aliphatic carbocycles. The Balaban J connectivity index is 1.22. The summed E-state index contributed by atoms with van der Waals surface area (Å²) in [6.45, 7) is 1.53. The lowest BCUT2D eigenvalue weighted by Gasteiger charge is -2.57. The molecule has 5 aliphatic rings. The summed E-state index contributed by atoms with van der Waals surface area (Å²) in [4.78, 5) is 19.8. The normalized spacial score (nSPS) is 35.1. The Morgan fingerprint density at radius 1 is 1.15 bits per heavy atom. The number of aromatic nitrogens is 1. The van der Waals surface area contributed by atoms with Crippen molar-refractivity contribution in [2.45, 2.75) is 57.5 Å². The van der Waals surface area contributed by atoms with Gasteiger partial charge in [-0.2, -0.15) is 5.26 Å². The Morgan fingerprint density at radius 3 is 2.37 bits per heavy atom. The summed E-state index contributed by atoms with van der Waals surface area (Å²) in [5, 5.41) is 9.19. The highest BCUT2D eigenvalue weighted by Crippen LogP contribution is 2.60. The SMILES string of the molecule is N#Cc1cccnc1OC1CCN(C(=O)C23CC4CC(CC(C4)C2)C3)CC1. The van der Waals surface area contributed by atoms with Crippen molar-refractivity contribution < 1.29 is 9.53 Å². The van der Waals surface area contributed by atoms with Gasteiger partial charge in [0.1, 0.15) is 17.7 Å². The van der Waals surface area contributed by atoms with E-state index in [9.17, 15) is 10.1 Å². The fourth-order valence-corrected chi connectivity index (χ4v) is 6.61. The molecule has 1 aliphatic heterocycles. The average molecular weight is 365 g/mol. The van der Waals surface area contributed by atoms with Crippen LogP contribution in [0.2, 0.25) is 0 Å². The zero-order chi connectivity index (χ0) is 18.4. The molecular formula is C22H27N3O2. The second kappa shape index (κ2) is 6.51. The number of hydrogen-bond acceptors (Lipinski definition) is 4. The monoisotopic (exact) mass is 365 g/mol. The zero-order valence-corrected chi connectivity index (χ0v) is 15.8. The minimum Gasteiger partial charge on any atom is -0.473 e. The van der Waals surface area contributed by atoms with Crippen LogP contribution in [0.3, 0.4) is 0 Å². The Bertz CT molecular complexity index is 741. The summed E-state index contributed by atoms with van der Waals surface area (Å²) in [5.74, 6) is 3.25. The maximum Gasteiger partial charge on any atom is 0.231 e.